The highest BCUT2D eigenvalue weighted by Crippen LogP contribution is 2.19. The van der Waals surface area contributed by atoms with Crippen LogP contribution in [0.25, 0.3) is 0 Å². The number of carboxylic acid groups (broad SMARTS) is 1. The molecule has 0 saturated carbocycles. The summed E-state index contributed by atoms with van der Waals surface area (Å²) in [5.41, 5.74) is -0.855. The number of carbonyl (C=O) groups is 3. The first kappa shape index (κ1) is 16.5. The highest BCUT2D eigenvalue weighted by Gasteiger charge is 2.26. The van der Waals surface area contributed by atoms with Gasteiger partial charge in [-0.3, -0.25) is 14.4 Å². The number of hydrogen-bond donors (Lipinski definition) is 2. The van der Waals surface area contributed by atoms with E-state index in [0.29, 0.717) is 25.9 Å². The molecule has 1 fully saturated rings. The first-order valence-electron chi connectivity index (χ1n) is 7.11. The number of likely N-dealkylation sites (tertiary alicyclic amines) is 1. The second-order valence-electron chi connectivity index (χ2n) is 5.91. The summed E-state index contributed by atoms with van der Waals surface area (Å²) < 4.78 is 0. The molecule has 0 atom stereocenters. The maximum Gasteiger partial charge on any atom is 0.309 e. The highest BCUT2D eigenvalue weighted by atomic mass is 16.4. The van der Waals surface area contributed by atoms with E-state index in [1.807, 2.05) is 0 Å². The molecule has 1 rings (SSSR count). The van der Waals surface area contributed by atoms with Gasteiger partial charge in [0.25, 0.3) is 0 Å². The third-order valence-corrected chi connectivity index (χ3v) is 3.66. The second-order valence-corrected chi connectivity index (χ2v) is 5.91. The van der Waals surface area contributed by atoms with E-state index in [9.17, 15) is 14.4 Å². The van der Waals surface area contributed by atoms with Gasteiger partial charge in [0.05, 0.1) is 12.0 Å². The zero-order valence-electron chi connectivity index (χ0n) is 12.3. The molecule has 1 heterocycles. The van der Waals surface area contributed by atoms with Crippen molar-refractivity contribution in [3.63, 3.8) is 0 Å². The fraction of sp³-hybridized carbons (Fsp3) is 0.786. The maximum absolute atomic E-state index is 11.8. The quantitative estimate of drug-likeness (QED) is 0.762. The lowest BCUT2D eigenvalue weighted by atomic mass is 9.90. The van der Waals surface area contributed by atoms with Gasteiger partial charge < -0.3 is 15.3 Å². The van der Waals surface area contributed by atoms with E-state index < -0.39 is 11.4 Å². The molecule has 1 aliphatic heterocycles. The molecule has 0 aliphatic carbocycles. The van der Waals surface area contributed by atoms with Crippen LogP contribution in [-0.2, 0) is 14.4 Å². The van der Waals surface area contributed by atoms with Crippen LogP contribution in [0.1, 0.15) is 46.0 Å². The minimum atomic E-state index is -0.880. The third kappa shape index (κ3) is 5.19. The fourth-order valence-electron chi connectivity index (χ4n) is 2.06. The van der Waals surface area contributed by atoms with Crippen LogP contribution < -0.4 is 5.32 Å². The van der Waals surface area contributed by atoms with E-state index in [0.717, 1.165) is 19.3 Å². The predicted molar refractivity (Wildman–Crippen MR) is 74.1 cm³/mol. The molecule has 1 aliphatic rings. The second kappa shape index (κ2) is 7.26. The molecular weight excluding hydrogens is 260 g/mol. The van der Waals surface area contributed by atoms with E-state index in [-0.39, 0.29) is 18.4 Å². The summed E-state index contributed by atoms with van der Waals surface area (Å²) in [5, 5.41) is 11.7. The van der Waals surface area contributed by atoms with Crippen LogP contribution in [0.3, 0.4) is 0 Å². The molecule has 0 aromatic heterocycles. The summed E-state index contributed by atoms with van der Waals surface area (Å²) in [6, 6.07) is 0. The van der Waals surface area contributed by atoms with Gasteiger partial charge in [0, 0.05) is 19.5 Å². The van der Waals surface area contributed by atoms with Crippen molar-refractivity contribution in [3.8, 4) is 0 Å². The molecule has 0 unspecified atom stereocenters. The summed E-state index contributed by atoms with van der Waals surface area (Å²) in [6.45, 7) is 4.26. The fourth-order valence-corrected chi connectivity index (χ4v) is 2.06. The molecular formula is C14H24N2O4. The van der Waals surface area contributed by atoms with E-state index in [2.05, 4.69) is 5.32 Å². The average Bonchev–Trinajstić information content (AvgIpc) is 2.54. The third-order valence-electron chi connectivity index (χ3n) is 3.66. The first-order chi connectivity index (χ1) is 9.33. The largest absolute Gasteiger partial charge is 0.481 e. The molecule has 0 radical (unpaired) electrons. The predicted octanol–water partition coefficient (Wildman–Crippen LogP) is 1.01. The Morgan fingerprint density at radius 1 is 1.30 bits per heavy atom. The Kier molecular flexibility index (Phi) is 5.98. The lowest BCUT2D eigenvalue weighted by Gasteiger charge is -2.21. The summed E-state index contributed by atoms with van der Waals surface area (Å²) in [6.07, 6.45) is 3.73. The van der Waals surface area contributed by atoms with Gasteiger partial charge in [0.2, 0.25) is 11.8 Å². The molecule has 2 N–H and O–H groups in total. The summed E-state index contributed by atoms with van der Waals surface area (Å²) in [4.78, 5) is 36.0. The van der Waals surface area contributed by atoms with Crippen molar-refractivity contribution in [3.05, 3.63) is 0 Å². The number of nitrogens with zero attached hydrogens (tertiary/aromatic N) is 1. The molecule has 6 nitrogen and oxygen atoms in total. The van der Waals surface area contributed by atoms with Crippen LogP contribution in [0.5, 0.6) is 0 Å². The van der Waals surface area contributed by atoms with Crippen LogP contribution in [-0.4, -0.2) is 47.4 Å². The summed E-state index contributed by atoms with van der Waals surface area (Å²) in [5.74, 6) is -1.07. The van der Waals surface area contributed by atoms with Gasteiger partial charge >= 0.3 is 5.97 Å². The van der Waals surface area contributed by atoms with Crippen molar-refractivity contribution >= 4 is 17.8 Å². The average molecular weight is 284 g/mol. The SMILES string of the molecule is CC(C)(CCNC(=O)CN1CCCCCC1=O)C(=O)O. The van der Waals surface area contributed by atoms with Gasteiger partial charge in [-0.2, -0.15) is 0 Å². The van der Waals surface area contributed by atoms with Crippen LogP contribution in [0.15, 0.2) is 0 Å². The number of rotatable bonds is 6. The van der Waals surface area contributed by atoms with E-state index in [4.69, 9.17) is 5.11 Å². The normalized spacial score (nSPS) is 16.7. The lowest BCUT2D eigenvalue weighted by molar-refractivity contribution is -0.147. The Balaban J connectivity index is 2.33. The zero-order chi connectivity index (χ0) is 15.2. The smallest absolute Gasteiger partial charge is 0.309 e. The molecule has 20 heavy (non-hydrogen) atoms. The molecule has 114 valence electrons. The molecule has 0 aromatic carbocycles. The van der Waals surface area contributed by atoms with Gasteiger partial charge in [-0.25, -0.2) is 0 Å². The van der Waals surface area contributed by atoms with Crippen molar-refractivity contribution in [2.24, 2.45) is 5.41 Å². The highest BCUT2D eigenvalue weighted by molar-refractivity contribution is 5.84. The molecule has 0 bridgehead atoms. The van der Waals surface area contributed by atoms with E-state index in [1.54, 1.807) is 18.7 Å². The zero-order valence-corrected chi connectivity index (χ0v) is 12.3. The number of carbonyl (C=O) groups excluding carboxylic acids is 2. The maximum atomic E-state index is 11.8. The van der Waals surface area contributed by atoms with Crippen molar-refractivity contribution in [2.45, 2.75) is 46.0 Å². The van der Waals surface area contributed by atoms with Crippen LogP contribution in [0.4, 0.5) is 0 Å². The van der Waals surface area contributed by atoms with E-state index in [1.165, 1.54) is 0 Å². The van der Waals surface area contributed by atoms with Crippen LogP contribution in [0, 0.1) is 5.41 Å². The van der Waals surface area contributed by atoms with Gasteiger partial charge in [0.15, 0.2) is 0 Å². The van der Waals surface area contributed by atoms with Crippen molar-refractivity contribution in [1.29, 1.82) is 0 Å². The molecule has 6 heteroatoms. The molecule has 0 spiro atoms. The minimum Gasteiger partial charge on any atom is -0.481 e. The van der Waals surface area contributed by atoms with E-state index >= 15 is 0 Å². The summed E-state index contributed by atoms with van der Waals surface area (Å²) >= 11 is 0. The van der Waals surface area contributed by atoms with Gasteiger partial charge in [-0.05, 0) is 33.1 Å². The van der Waals surface area contributed by atoms with Gasteiger partial charge in [0.1, 0.15) is 0 Å². The summed E-state index contributed by atoms with van der Waals surface area (Å²) in [7, 11) is 0. The van der Waals surface area contributed by atoms with Gasteiger partial charge in [-0.1, -0.05) is 6.42 Å². The Morgan fingerprint density at radius 2 is 2.00 bits per heavy atom. The number of carboxylic acids is 1. The van der Waals surface area contributed by atoms with Crippen LogP contribution >= 0.6 is 0 Å². The standard InChI is InChI=1S/C14H24N2O4/c1-14(2,13(19)20)7-8-15-11(17)10-16-9-5-3-4-6-12(16)18/h3-10H2,1-2H3,(H,15,17)(H,19,20). The van der Waals surface area contributed by atoms with Crippen LogP contribution in [0.2, 0.25) is 0 Å². The number of hydrogen-bond acceptors (Lipinski definition) is 3. The molecule has 1 saturated heterocycles. The van der Waals surface area contributed by atoms with Crippen molar-refractivity contribution < 1.29 is 19.5 Å². The molecule has 0 aromatic rings. The Hall–Kier alpha value is -1.59. The minimum absolute atomic E-state index is 0.0310. The lowest BCUT2D eigenvalue weighted by Crippen LogP contribution is -2.41. The van der Waals surface area contributed by atoms with Crippen molar-refractivity contribution in [1.82, 2.24) is 10.2 Å². The van der Waals surface area contributed by atoms with Gasteiger partial charge in [-0.15, -0.1) is 0 Å². The topological polar surface area (TPSA) is 86.7 Å². The number of aliphatic carboxylic acids is 1. The molecule has 2 amide bonds. The monoisotopic (exact) mass is 284 g/mol. The Morgan fingerprint density at radius 3 is 2.65 bits per heavy atom. The number of amides is 2. The first-order valence-corrected chi connectivity index (χ1v) is 7.11. The Labute approximate surface area is 119 Å². The van der Waals surface area contributed by atoms with Crippen molar-refractivity contribution in [2.75, 3.05) is 19.6 Å². The Bertz CT molecular complexity index is 379. The number of nitrogens with one attached hydrogen (secondary N) is 1.